The number of hydrogen-bond acceptors (Lipinski definition) is 4. The van der Waals surface area contributed by atoms with Gasteiger partial charge in [0.25, 0.3) is 0 Å². The molecule has 0 atom stereocenters. The van der Waals surface area contributed by atoms with Crippen molar-refractivity contribution in [2.24, 2.45) is 0 Å². The fourth-order valence-corrected chi connectivity index (χ4v) is 2.26. The first-order chi connectivity index (χ1) is 9.22. The average molecular weight is 319 g/mol. The zero-order chi connectivity index (χ0) is 13.2. The van der Waals surface area contributed by atoms with E-state index in [9.17, 15) is 0 Å². The first kappa shape index (κ1) is 12.1. The summed E-state index contributed by atoms with van der Waals surface area (Å²) in [6.45, 7) is 2.50. The van der Waals surface area contributed by atoms with Crippen molar-refractivity contribution in [1.82, 2.24) is 19.7 Å². The van der Waals surface area contributed by atoms with E-state index in [1.807, 2.05) is 29.8 Å². The fraction of sp³-hybridized carbons (Fsp3) is 0.154. The zero-order valence-electron chi connectivity index (χ0n) is 10.2. The molecule has 0 aromatic carbocycles. The van der Waals surface area contributed by atoms with Crippen LogP contribution in [0.5, 0.6) is 0 Å². The molecule has 0 bridgehead atoms. The summed E-state index contributed by atoms with van der Waals surface area (Å²) in [7, 11) is 0. The largest absolute Gasteiger partial charge is 0.361 e. The van der Waals surface area contributed by atoms with Gasteiger partial charge in [0.05, 0.1) is 6.54 Å². The number of halogens is 1. The zero-order valence-corrected chi connectivity index (χ0v) is 11.8. The van der Waals surface area contributed by atoms with E-state index in [4.69, 9.17) is 4.52 Å². The van der Waals surface area contributed by atoms with Crippen LogP contribution in [0, 0.1) is 6.92 Å². The summed E-state index contributed by atoms with van der Waals surface area (Å²) in [6.07, 6.45) is 7.22. The third kappa shape index (κ3) is 2.58. The van der Waals surface area contributed by atoms with Gasteiger partial charge in [-0.3, -0.25) is 4.98 Å². The second-order valence-corrected chi connectivity index (χ2v) is 5.12. The van der Waals surface area contributed by atoms with E-state index in [2.05, 4.69) is 31.1 Å². The van der Waals surface area contributed by atoms with Crippen molar-refractivity contribution in [3.05, 3.63) is 52.8 Å². The SMILES string of the molecule is Cc1cc(Cn2ccnc2-c2cncc(Br)c2)no1. The predicted octanol–water partition coefficient (Wildman–Crippen LogP) is 3.05. The van der Waals surface area contributed by atoms with Gasteiger partial charge in [0.1, 0.15) is 17.3 Å². The molecule has 5 nitrogen and oxygen atoms in total. The molecular formula is C13H11BrN4O. The highest BCUT2D eigenvalue weighted by atomic mass is 79.9. The molecule has 19 heavy (non-hydrogen) atoms. The molecule has 96 valence electrons. The minimum absolute atomic E-state index is 0.624. The maximum Gasteiger partial charge on any atom is 0.141 e. The number of rotatable bonds is 3. The first-order valence-corrected chi connectivity index (χ1v) is 6.56. The number of hydrogen-bond donors (Lipinski definition) is 0. The number of aryl methyl sites for hydroxylation is 1. The van der Waals surface area contributed by atoms with Gasteiger partial charge >= 0.3 is 0 Å². The Labute approximate surface area is 118 Å². The Hall–Kier alpha value is -1.95. The normalized spacial score (nSPS) is 10.8. The molecule has 0 saturated heterocycles. The maximum atomic E-state index is 5.07. The second kappa shape index (κ2) is 4.97. The Morgan fingerprint density at radius 3 is 2.95 bits per heavy atom. The van der Waals surface area contributed by atoms with Gasteiger partial charge in [-0.05, 0) is 28.9 Å². The summed E-state index contributed by atoms with van der Waals surface area (Å²) in [5.41, 5.74) is 1.83. The molecule has 0 radical (unpaired) electrons. The molecule has 0 aliphatic heterocycles. The van der Waals surface area contributed by atoms with Crippen LogP contribution >= 0.6 is 15.9 Å². The van der Waals surface area contributed by atoms with E-state index in [0.29, 0.717) is 6.54 Å². The third-order valence-corrected chi connectivity index (χ3v) is 3.12. The van der Waals surface area contributed by atoms with E-state index in [-0.39, 0.29) is 0 Å². The van der Waals surface area contributed by atoms with E-state index in [1.54, 1.807) is 18.6 Å². The van der Waals surface area contributed by atoms with Crippen molar-refractivity contribution in [2.45, 2.75) is 13.5 Å². The van der Waals surface area contributed by atoms with Gasteiger partial charge in [-0.2, -0.15) is 0 Å². The summed E-state index contributed by atoms with van der Waals surface area (Å²) < 4.78 is 8.02. The molecule has 0 fully saturated rings. The van der Waals surface area contributed by atoms with Crippen molar-refractivity contribution in [1.29, 1.82) is 0 Å². The highest BCUT2D eigenvalue weighted by Crippen LogP contribution is 2.21. The predicted molar refractivity (Wildman–Crippen MR) is 73.5 cm³/mol. The van der Waals surface area contributed by atoms with Gasteiger partial charge in [0.15, 0.2) is 0 Å². The third-order valence-electron chi connectivity index (χ3n) is 2.69. The number of nitrogens with zero attached hydrogens (tertiary/aromatic N) is 4. The van der Waals surface area contributed by atoms with E-state index >= 15 is 0 Å². The Balaban J connectivity index is 1.94. The van der Waals surface area contributed by atoms with Crippen molar-refractivity contribution >= 4 is 15.9 Å². The van der Waals surface area contributed by atoms with E-state index in [0.717, 1.165) is 27.3 Å². The summed E-state index contributed by atoms with van der Waals surface area (Å²) >= 11 is 3.42. The molecule has 3 aromatic heterocycles. The molecule has 3 rings (SSSR count). The average Bonchev–Trinajstić information content (AvgIpc) is 2.99. The smallest absolute Gasteiger partial charge is 0.141 e. The van der Waals surface area contributed by atoms with Gasteiger partial charge in [0, 0.05) is 40.9 Å². The topological polar surface area (TPSA) is 56.7 Å². The number of aromatic nitrogens is 4. The molecule has 0 saturated carbocycles. The lowest BCUT2D eigenvalue weighted by Gasteiger charge is -2.05. The summed E-state index contributed by atoms with van der Waals surface area (Å²) in [4.78, 5) is 8.53. The van der Waals surface area contributed by atoms with Crippen LogP contribution in [-0.2, 0) is 6.54 Å². The monoisotopic (exact) mass is 318 g/mol. The standard InChI is InChI=1S/C13H11BrN4O/c1-9-4-12(17-19-9)8-18-3-2-16-13(18)10-5-11(14)7-15-6-10/h2-7H,8H2,1H3. The summed E-state index contributed by atoms with van der Waals surface area (Å²) in [5, 5.41) is 3.99. The molecule has 0 aliphatic rings. The number of pyridine rings is 1. The Bertz CT molecular complexity index is 704. The number of imidazole rings is 1. The summed E-state index contributed by atoms with van der Waals surface area (Å²) in [5.74, 6) is 1.66. The van der Waals surface area contributed by atoms with Gasteiger partial charge in [-0.25, -0.2) is 4.98 Å². The van der Waals surface area contributed by atoms with Crippen LogP contribution in [0.15, 0.2) is 45.9 Å². The Morgan fingerprint density at radius 2 is 2.21 bits per heavy atom. The van der Waals surface area contributed by atoms with Gasteiger partial charge < -0.3 is 9.09 Å². The molecular weight excluding hydrogens is 308 g/mol. The molecule has 3 heterocycles. The van der Waals surface area contributed by atoms with Crippen LogP contribution in [0.4, 0.5) is 0 Å². The lowest BCUT2D eigenvalue weighted by Crippen LogP contribution is -2.01. The van der Waals surface area contributed by atoms with Crippen molar-refractivity contribution < 1.29 is 4.52 Å². The fourth-order valence-electron chi connectivity index (χ4n) is 1.90. The van der Waals surface area contributed by atoms with E-state index < -0.39 is 0 Å². The molecule has 0 spiro atoms. The van der Waals surface area contributed by atoms with Gasteiger partial charge in [-0.1, -0.05) is 5.16 Å². The van der Waals surface area contributed by atoms with Crippen molar-refractivity contribution in [2.75, 3.05) is 0 Å². The van der Waals surface area contributed by atoms with Gasteiger partial charge in [0.2, 0.25) is 0 Å². The minimum atomic E-state index is 0.624. The minimum Gasteiger partial charge on any atom is -0.361 e. The van der Waals surface area contributed by atoms with Crippen LogP contribution in [0.3, 0.4) is 0 Å². The quantitative estimate of drug-likeness (QED) is 0.744. The summed E-state index contributed by atoms with van der Waals surface area (Å²) in [6, 6.07) is 3.91. The lowest BCUT2D eigenvalue weighted by molar-refractivity contribution is 0.389. The van der Waals surface area contributed by atoms with Crippen molar-refractivity contribution in [3.63, 3.8) is 0 Å². The Kier molecular flexibility index (Phi) is 3.16. The second-order valence-electron chi connectivity index (χ2n) is 4.20. The van der Waals surface area contributed by atoms with Crippen LogP contribution in [0.25, 0.3) is 11.4 Å². The van der Waals surface area contributed by atoms with E-state index in [1.165, 1.54) is 0 Å². The molecule has 0 aliphatic carbocycles. The highest BCUT2D eigenvalue weighted by molar-refractivity contribution is 9.10. The van der Waals surface area contributed by atoms with Gasteiger partial charge in [-0.15, -0.1) is 0 Å². The van der Waals surface area contributed by atoms with Crippen LogP contribution < -0.4 is 0 Å². The van der Waals surface area contributed by atoms with Crippen LogP contribution in [0.2, 0.25) is 0 Å². The van der Waals surface area contributed by atoms with Crippen LogP contribution in [-0.4, -0.2) is 19.7 Å². The Morgan fingerprint density at radius 1 is 1.32 bits per heavy atom. The highest BCUT2D eigenvalue weighted by Gasteiger charge is 2.09. The molecule has 0 N–H and O–H groups in total. The van der Waals surface area contributed by atoms with Crippen LogP contribution in [0.1, 0.15) is 11.5 Å². The first-order valence-electron chi connectivity index (χ1n) is 5.76. The molecule has 0 amide bonds. The van der Waals surface area contributed by atoms with Crippen molar-refractivity contribution in [3.8, 4) is 11.4 Å². The molecule has 6 heteroatoms. The molecule has 3 aromatic rings. The molecule has 0 unspecified atom stereocenters. The lowest BCUT2D eigenvalue weighted by atomic mass is 10.2. The maximum absolute atomic E-state index is 5.07.